The molecule has 1 fully saturated rings. The Bertz CT molecular complexity index is 564. The predicted octanol–water partition coefficient (Wildman–Crippen LogP) is 2.99. The molecule has 0 spiro atoms. The molecule has 0 saturated carbocycles. The maximum atomic E-state index is 5.81. The second-order valence-electron chi connectivity index (χ2n) is 5.11. The van der Waals surface area contributed by atoms with Crippen LogP contribution in [0.4, 0.5) is 0 Å². The number of hydrogen-bond donors (Lipinski definition) is 1. The van der Waals surface area contributed by atoms with Crippen LogP contribution < -0.4 is 5.32 Å². The minimum atomic E-state index is 0.591. The maximum absolute atomic E-state index is 5.81. The number of fused-ring (bicyclic) bond motifs is 1. The number of nitrogens with zero attached hydrogens (tertiary/aromatic N) is 2. The molecule has 1 aromatic carbocycles. The lowest BCUT2D eigenvalue weighted by Crippen LogP contribution is -2.39. The first-order valence-electron chi connectivity index (χ1n) is 7.37. The Morgan fingerprint density at radius 3 is 2.85 bits per heavy atom. The molecule has 0 amide bonds. The monoisotopic (exact) mass is 271 g/mol. The van der Waals surface area contributed by atoms with Crippen LogP contribution in [0.25, 0.3) is 11.0 Å². The molecule has 1 aliphatic heterocycles. The van der Waals surface area contributed by atoms with E-state index in [1.165, 1.54) is 12.8 Å². The van der Waals surface area contributed by atoms with Gasteiger partial charge in [0.1, 0.15) is 17.9 Å². The van der Waals surface area contributed by atoms with E-state index < -0.39 is 0 Å². The van der Waals surface area contributed by atoms with E-state index in [1.54, 1.807) is 0 Å². The van der Waals surface area contributed by atoms with E-state index in [1.807, 2.05) is 18.2 Å². The zero-order chi connectivity index (χ0) is 13.8. The zero-order valence-electron chi connectivity index (χ0n) is 11.9. The molecule has 1 N–H and O–H groups in total. The van der Waals surface area contributed by atoms with Crippen molar-refractivity contribution in [3.63, 3.8) is 0 Å². The summed E-state index contributed by atoms with van der Waals surface area (Å²) in [5.74, 6) is 1.92. The Morgan fingerprint density at radius 2 is 2.10 bits per heavy atom. The Kier molecular flexibility index (Phi) is 3.90. The van der Waals surface area contributed by atoms with Gasteiger partial charge in [-0.2, -0.15) is 0 Å². The van der Waals surface area contributed by atoms with E-state index in [2.05, 4.69) is 29.3 Å². The summed E-state index contributed by atoms with van der Waals surface area (Å²) in [6.45, 7) is 5.80. The summed E-state index contributed by atoms with van der Waals surface area (Å²) in [6, 6.07) is 10.2. The number of likely N-dealkylation sites (tertiary alicyclic amines) is 1. The van der Waals surface area contributed by atoms with Gasteiger partial charge in [0.25, 0.3) is 0 Å². The van der Waals surface area contributed by atoms with Gasteiger partial charge in [-0.25, -0.2) is 4.99 Å². The van der Waals surface area contributed by atoms with Crippen LogP contribution in [0.15, 0.2) is 39.7 Å². The van der Waals surface area contributed by atoms with E-state index >= 15 is 0 Å². The lowest BCUT2D eigenvalue weighted by Gasteiger charge is -2.20. The normalized spacial score (nSPS) is 16.1. The highest BCUT2D eigenvalue weighted by Gasteiger charge is 2.15. The van der Waals surface area contributed by atoms with E-state index in [0.29, 0.717) is 6.54 Å². The minimum absolute atomic E-state index is 0.591. The minimum Gasteiger partial charge on any atom is -0.459 e. The molecule has 106 valence electrons. The van der Waals surface area contributed by atoms with Crippen molar-refractivity contribution in [1.29, 1.82) is 0 Å². The number of guanidine groups is 1. The molecule has 2 aromatic rings. The molecule has 1 aliphatic rings. The Morgan fingerprint density at radius 1 is 1.30 bits per heavy atom. The zero-order valence-corrected chi connectivity index (χ0v) is 11.9. The molecule has 2 heterocycles. The molecule has 3 rings (SSSR count). The summed E-state index contributed by atoms with van der Waals surface area (Å²) in [5.41, 5.74) is 0.934. The van der Waals surface area contributed by atoms with Gasteiger partial charge in [-0.15, -0.1) is 0 Å². The van der Waals surface area contributed by atoms with Crippen LogP contribution in [0.2, 0.25) is 0 Å². The van der Waals surface area contributed by atoms with Crippen molar-refractivity contribution in [2.45, 2.75) is 26.3 Å². The van der Waals surface area contributed by atoms with Crippen LogP contribution in [0.5, 0.6) is 0 Å². The SMILES string of the molecule is CCNC(=NCc1cc2ccccc2o1)N1CCCC1. The molecular weight excluding hydrogens is 250 g/mol. The average molecular weight is 271 g/mol. The highest BCUT2D eigenvalue weighted by Crippen LogP contribution is 2.19. The Balaban J connectivity index is 1.75. The Hall–Kier alpha value is -1.97. The van der Waals surface area contributed by atoms with Gasteiger partial charge in [-0.3, -0.25) is 0 Å². The first-order chi connectivity index (χ1) is 9.86. The molecule has 1 aromatic heterocycles. The van der Waals surface area contributed by atoms with Gasteiger partial charge in [-0.1, -0.05) is 18.2 Å². The molecule has 20 heavy (non-hydrogen) atoms. The molecule has 0 unspecified atom stereocenters. The van der Waals surface area contributed by atoms with Crippen LogP contribution in [0, 0.1) is 0 Å². The van der Waals surface area contributed by atoms with Crippen molar-refractivity contribution in [2.75, 3.05) is 19.6 Å². The second kappa shape index (κ2) is 5.99. The molecular formula is C16H21N3O. The summed E-state index contributed by atoms with van der Waals surface area (Å²) in [5, 5.41) is 4.51. The first kappa shape index (κ1) is 13.0. The highest BCUT2D eigenvalue weighted by atomic mass is 16.3. The quantitative estimate of drug-likeness (QED) is 0.689. The number of hydrogen-bond acceptors (Lipinski definition) is 2. The predicted molar refractivity (Wildman–Crippen MR) is 81.8 cm³/mol. The van der Waals surface area contributed by atoms with E-state index in [0.717, 1.165) is 42.3 Å². The average Bonchev–Trinajstić information content (AvgIpc) is 3.12. The van der Waals surface area contributed by atoms with Crippen LogP contribution in [-0.2, 0) is 6.54 Å². The second-order valence-corrected chi connectivity index (χ2v) is 5.11. The van der Waals surface area contributed by atoms with Crippen LogP contribution in [0.3, 0.4) is 0 Å². The number of aliphatic imine (C=N–C) groups is 1. The summed E-state index contributed by atoms with van der Waals surface area (Å²) in [7, 11) is 0. The number of para-hydroxylation sites is 1. The van der Waals surface area contributed by atoms with Gasteiger partial charge in [-0.05, 0) is 31.9 Å². The molecule has 4 nitrogen and oxygen atoms in total. The number of benzene rings is 1. The van der Waals surface area contributed by atoms with Crippen molar-refractivity contribution >= 4 is 16.9 Å². The molecule has 0 radical (unpaired) electrons. The molecule has 1 saturated heterocycles. The van der Waals surface area contributed by atoms with Crippen molar-refractivity contribution in [3.8, 4) is 0 Å². The topological polar surface area (TPSA) is 40.8 Å². The van der Waals surface area contributed by atoms with Gasteiger partial charge in [0.05, 0.1) is 0 Å². The fourth-order valence-corrected chi connectivity index (χ4v) is 2.62. The third-order valence-electron chi connectivity index (χ3n) is 3.60. The molecule has 4 heteroatoms. The number of furan rings is 1. The first-order valence-corrected chi connectivity index (χ1v) is 7.37. The summed E-state index contributed by atoms with van der Waals surface area (Å²) >= 11 is 0. The van der Waals surface area contributed by atoms with Crippen molar-refractivity contribution < 1.29 is 4.42 Å². The fraction of sp³-hybridized carbons (Fsp3) is 0.438. The summed E-state index contributed by atoms with van der Waals surface area (Å²) in [6.07, 6.45) is 2.52. The fourth-order valence-electron chi connectivity index (χ4n) is 2.62. The largest absolute Gasteiger partial charge is 0.459 e. The number of nitrogens with one attached hydrogen (secondary N) is 1. The highest BCUT2D eigenvalue weighted by molar-refractivity contribution is 5.80. The van der Waals surface area contributed by atoms with Crippen molar-refractivity contribution in [2.24, 2.45) is 4.99 Å². The van der Waals surface area contributed by atoms with Gasteiger partial charge in [0.2, 0.25) is 0 Å². The van der Waals surface area contributed by atoms with Crippen molar-refractivity contribution in [3.05, 3.63) is 36.1 Å². The third kappa shape index (κ3) is 2.79. The lowest BCUT2D eigenvalue weighted by atomic mass is 10.2. The van der Waals surface area contributed by atoms with E-state index in [4.69, 9.17) is 9.41 Å². The summed E-state index contributed by atoms with van der Waals surface area (Å²) in [4.78, 5) is 7.02. The maximum Gasteiger partial charge on any atom is 0.194 e. The smallest absolute Gasteiger partial charge is 0.194 e. The van der Waals surface area contributed by atoms with Crippen LogP contribution >= 0.6 is 0 Å². The van der Waals surface area contributed by atoms with Gasteiger partial charge in [0, 0.05) is 25.0 Å². The van der Waals surface area contributed by atoms with E-state index in [9.17, 15) is 0 Å². The molecule has 0 bridgehead atoms. The van der Waals surface area contributed by atoms with Crippen molar-refractivity contribution in [1.82, 2.24) is 10.2 Å². The van der Waals surface area contributed by atoms with Crippen LogP contribution in [-0.4, -0.2) is 30.5 Å². The standard InChI is InChI=1S/C16H21N3O/c1-2-17-16(19-9-5-6-10-19)18-12-14-11-13-7-3-4-8-15(13)20-14/h3-4,7-8,11H,2,5-6,9-10,12H2,1H3,(H,17,18). The molecule has 0 atom stereocenters. The van der Waals surface area contributed by atoms with Gasteiger partial charge < -0.3 is 14.6 Å². The Labute approximate surface area is 119 Å². The van der Waals surface area contributed by atoms with E-state index in [-0.39, 0.29) is 0 Å². The summed E-state index contributed by atoms with van der Waals surface area (Å²) < 4.78 is 5.81. The van der Waals surface area contributed by atoms with Crippen LogP contribution in [0.1, 0.15) is 25.5 Å². The van der Waals surface area contributed by atoms with Gasteiger partial charge in [0.15, 0.2) is 5.96 Å². The third-order valence-corrected chi connectivity index (χ3v) is 3.60. The lowest BCUT2D eigenvalue weighted by molar-refractivity contribution is 0.488. The molecule has 0 aliphatic carbocycles. The van der Waals surface area contributed by atoms with Gasteiger partial charge >= 0.3 is 0 Å². The number of rotatable bonds is 3.